The Morgan fingerprint density at radius 3 is 2.80 bits per heavy atom. The van der Waals surface area contributed by atoms with Crippen LogP contribution >= 0.6 is 0 Å². The van der Waals surface area contributed by atoms with Crippen molar-refractivity contribution in [1.82, 2.24) is 0 Å². The molecule has 82 valence electrons. The Morgan fingerprint density at radius 2 is 2.33 bits per heavy atom. The number of nitrogens with zero attached hydrogens (tertiary/aromatic N) is 1. The Bertz CT molecular complexity index is 370. The van der Waals surface area contributed by atoms with Crippen molar-refractivity contribution in [2.24, 2.45) is 5.73 Å². The molecule has 0 amide bonds. The molecule has 0 saturated heterocycles. The summed E-state index contributed by atoms with van der Waals surface area (Å²) in [6.45, 7) is 1.93. The Morgan fingerprint density at radius 1 is 1.67 bits per heavy atom. The number of rotatable bonds is 4. The maximum absolute atomic E-state index is 13.2. The number of halogens is 1. The molecular weight excluding hydrogens is 203 g/mol. The highest BCUT2D eigenvalue weighted by molar-refractivity contribution is 5.37. The zero-order chi connectivity index (χ0) is 11.4. The number of nitrogens with two attached hydrogens (primary N) is 1. The fourth-order valence-electron chi connectivity index (χ4n) is 0.964. The van der Waals surface area contributed by atoms with Crippen molar-refractivity contribution in [2.75, 3.05) is 6.54 Å². The van der Waals surface area contributed by atoms with Crippen LogP contribution in [0.3, 0.4) is 0 Å². The van der Waals surface area contributed by atoms with Crippen LogP contribution in [-0.2, 0) is 0 Å². The van der Waals surface area contributed by atoms with Crippen LogP contribution < -0.4 is 10.5 Å². The third kappa shape index (κ3) is 2.88. The van der Waals surface area contributed by atoms with E-state index in [1.807, 2.05) is 0 Å². The van der Waals surface area contributed by atoms with Gasteiger partial charge in [0, 0.05) is 12.6 Å². The zero-order valence-corrected chi connectivity index (χ0v) is 8.14. The van der Waals surface area contributed by atoms with Gasteiger partial charge in [0.2, 0.25) is 0 Å². The Labute approximate surface area is 85.8 Å². The summed E-state index contributed by atoms with van der Waals surface area (Å²) in [6.07, 6.45) is -0.332. The minimum atomic E-state index is -0.760. The van der Waals surface area contributed by atoms with Crippen LogP contribution in [0.25, 0.3) is 0 Å². The fraction of sp³-hybridized carbons (Fsp3) is 0.333. The van der Waals surface area contributed by atoms with Crippen molar-refractivity contribution in [2.45, 2.75) is 13.0 Å². The van der Waals surface area contributed by atoms with Crippen LogP contribution in [0.4, 0.5) is 10.1 Å². The molecule has 1 aromatic carbocycles. The fourth-order valence-corrected chi connectivity index (χ4v) is 0.964. The van der Waals surface area contributed by atoms with Gasteiger partial charge >= 0.3 is 0 Å². The molecule has 1 unspecified atom stereocenters. The first-order valence-electron chi connectivity index (χ1n) is 4.35. The number of benzene rings is 1. The average Bonchev–Trinajstić information content (AvgIpc) is 2.20. The average molecular weight is 214 g/mol. The number of non-ortho nitro benzene ring substituents is 1. The largest absolute Gasteiger partial charge is 0.486 e. The van der Waals surface area contributed by atoms with Crippen molar-refractivity contribution in [3.05, 3.63) is 34.1 Å². The Kier molecular flexibility index (Phi) is 3.56. The van der Waals surface area contributed by atoms with Crippen LogP contribution in [0.15, 0.2) is 18.2 Å². The molecule has 0 saturated carbocycles. The summed E-state index contributed by atoms with van der Waals surface area (Å²) in [5, 5.41) is 10.3. The van der Waals surface area contributed by atoms with E-state index in [9.17, 15) is 14.5 Å². The first-order valence-corrected chi connectivity index (χ1v) is 4.35. The van der Waals surface area contributed by atoms with E-state index in [0.717, 1.165) is 6.07 Å². The lowest BCUT2D eigenvalue weighted by Gasteiger charge is -2.12. The molecule has 15 heavy (non-hydrogen) atoms. The number of hydrogen-bond donors (Lipinski definition) is 1. The third-order valence-corrected chi connectivity index (χ3v) is 1.79. The lowest BCUT2D eigenvalue weighted by atomic mass is 10.3. The van der Waals surface area contributed by atoms with E-state index >= 15 is 0 Å². The highest BCUT2D eigenvalue weighted by Gasteiger charge is 2.12. The molecule has 0 fully saturated rings. The molecule has 0 heterocycles. The van der Waals surface area contributed by atoms with E-state index < -0.39 is 10.7 Å². The van der Waals surface area contributed by atoms with E-state index in [0.29, 0.717) is 0 Å². The normalized spacial score (nSPS) is 12.2. The number of hydrogen-bond acceptors (Lipinski definition) is 4. The van der Waals surface area contributed by atoms with Crippen molar-refractivity contribution < 1.29 is 14.1 Å². The quantitative estimate of drug-likeness (QED) is 0.607. The van der Waals surface area contributed by atoms with Crippen molar-refractivity contribution in [3.8, 4) is 5.75 Å². The molecular formula is C9H11FN2O3. The number of nitro benzene ring substituents is 1. The van der Waals surface area contributed by atoms with Gasteiger partial charge < -0.3 is 10.5 Å². The minimum absolute atomic E-state index is 0.0291. The summed E-state index contributed by atoms with van der Waals surface area (Å²) in [5.41, 5.74) is 4.99. The van der Waals surface area contributed by atoms with Crippen LogP contribution in [0.2, 0.25) is 0 Å². The van der Waals surface area contributed by atoms with Gasteiger partial charge in [0.25, 0.3) is 5.69 Å². The van der Waals surface area contributed by atoms with Gasteiger partial charge in [-0.2, -0.15) is 0 Å². The molecule has 0 aliphatic carbocycles. The molecule has 2 N–H and O–H groups in total. The van der Waals surface area contributed by atoms with E-state index in [1.54, 1.807) is 6.92 Å². The van der Waals surface area contributed by atoms with Gasteiger partial charge in [-0.1, -0.05) is 0 Å². The molecule has 1 rings (SSSR count). The van der Waals surface area contributed by atoms with E-state index in [-0.39, 0.29) is 24.1 Å². The number of nitro groups is 1. The van der Waals surface area contributed by atoms with Gasteiger partial charge in [0.15, 0.2) is 11.6 Å². The van der Waals surface area contributed by atoms with Crippen LogP contribution in [0, 0.1) is 15.9 Å². The molecule has 6 heteroatoms. The monoisotopic (exact) mass is 214 g/mol. The minimum Gasteiger partial charge on any atom is -0.486 e. The molecule has 0 radical (unpaired) electrons. The van der Waals surface area contributed by atoms with E-state index in [1.165, 1.54) is 12.1 Å². The van der Waals surface area contributed by atoms with Crippen LogP contribution in [0.5, 0.6) is 5.75 Å². The molecule has 0 spiro atoms. The summed E-state index contributed by atoms with van der Waals surface area (Å²) in [7, 11) is 0. The maximum Gasteiger partial charge on any atom is 0.272 e. The molecule has 1 atom stereocenters. The molecule has 5 nitrogen and oxygen atoms in total. The molecule has 1 aromatic rings. The van der Waals surface area contributed by atoms with Crippen molar-refractivity contribution in [3.63, 3.8) is 0 Å². The Hall–Kier alpha value is -1.69. The first-order chi connectivity index (χ1) is 7.04. The van der Waals surface area contributed by atoms with Gasteiger partial charge in [-0.15, -0.1) is 0 Å². The SMILES string of the molecule is CC(CN)Oc1ccc([N+](=O)[O-])cc1F. The van der Waals surface area contributed by atoms with E-state index in [2.05, 4.69) is 0 Å². The predicted octanol–water partition coefficient (Wildman–Crippen LogP) is 1.46. The highest BCUT2D eigenvalue weighted by Crippen LogP contribution is 2.23. The van der Waals surface area contributed by atoms with Gasteiger partial charge in [0.1, 0.15) is 6.10 Å². The second-order valence-corrected chi connectivity index (χ2v) is 3.04. The van der Waals surface area contributed by atoms with Gasteiger partial charge in [0.05, 0.1) is 11.0 Å². The van der Waals surface area contributed by atoms with Crippen molar-refractivity contribution >= 4 is 5.69 Å². The molecule has 0 aliphatic rings. The van der Waals surface area contributed by atoms with Crippen LogP contribution in [0.1, 0.15) is 6.92 Å². The smallest absolute Gasteiger partial charge is 0.272 e. The molecule has 0 aromatic heterocycles. The summed E-state index contributed by atoms with van der Waals surface area (Å²) in [6, 6.07) is 3.22. The summed E-state index contributed by atoms with van der Waals surface area (Å²) in [4.78, 5) is 9.65. The topological polar surface area (TPSA) is 78.4 Å². The van der Waals surface area contributed by atoms with Crippen molar-refractivity contribution in [1.29, 1.82) is 0 Å². The third-order valence-electron chi connectivity index (χ3n) is 1.79. The summed E-state index contributed by atoms with van der Waals surface area (Å²) < 4.78 is 18.3. The highest BCUT2D eigenvalue weighted by atomic mass is 19.1. The summed E-state index contributed by atoms with van der Waals surface area (Å²) in [5.74, 6) is -0.789. The van der Waals surface area contributed by atoms with Crippen LogP contribution in [-0.4, -0.2) is 17.6 Å². The first kappa shape index (κ1) is 11.4. The molecule has 0 aliphatic heterocycles. The van der Waals surface area contributed by atoms with Gasteiger partial charge in [-0.25, -0.2) is 4.39 Å². The number of ether oxygens (including phenoxy) is 1. The summed E-state index contributed by atoms with van der Waals surface area (Å²) >= 11 is 0. The maximum atomic E-state index is 13.2. The zero-order valence-electron chi connectivity index (χ0n) is 8.14. The lowest BCUT2D eigenvalue weighted by Crippen LogP contribution is -2.23. The standard InChI is InChI=1S/C9H11FN2O3/c1-6(5-11)15-9-3-2-7(12(13)14)4-8(9)10/h2-4,6H,5,11H2,1H3. The van der Waals surface area contributed by atoms with Gasteiger partial charge in [-0.3, -0.25) is 10.1 Å². The van der Waals surface area contributed by atoms with Gasteiger partial charge in [-0.05, 0) is 13.0 Å². The lowest BCUT2D eigenvalue weighted by molar-refractivity contribution is -0.385. The Balaban J connectivity index is 2.88. The van der Waals surface area contributed by atoms with E-state index in [4.69, 9.17) is 10.5 Å². The predicted molar refractivity (Wildman–Crippen MR) is 52.2 cm³/mol. The molecule has 0 bridgehead atoms. The second kappa shape index (κ2) is 4.70. The second-order valence-electron chi connectivity index (χ2n) is 3.04.